The molecule has 84 valence electrons. The van der Waals surface area contributed by atoms with Gasteiger partial charge in [-0.05, 0) is 33.1 Å². The van der Waals surface area contributed by atoms with Gasteiger partial charge < -0.3 is 10.1 Å². The van der Waals surface area contributed by atoms with Crippen molar-refractivity contribution in [3.05, 3.63) is 0 Å². The molecule has 0 aromatic heterocycles. The van der Waals surface area contributed by atoms with E-state index in [1.807, 2.05) is 27.7 Å². The number of nitrogens with one attached hydrogen (secondary N) is 1. The molecule has 0 bridgehead atoms. The topological polar surface area (TPSA) is 38.3 Å². The van der Waals surface area contributed by atoms with Gasteiger partial charge in [-0.15, -0.1) is 11.6 Å². The number of amides is 1. The molecule has 0 aromatic rings. The fourth-order valence-corrected chi connectivity index (χ4v) is 1.23. The molecule has 0 spiro atoms. The zero-order valence-corrected chi connectivity index (χ0v) is 10.1. The summed E-state index contributed by atoms with van der Waals surface area (Å²) >= 11 is 5.57. The lowest BCUT2D eigenvalue weighted by Gasteiger charge is -2.20. The third kappa shape index (κ3) is 8.17. The normalized spacial score (nSPS) is 13.5. The molecule has 1 amide bonds. The van der Waals surface area contributed by atoms with Gasteiger partial charge >= 0.3 is 6.09 Å². The molecule has 0 aliphatic rings. The van der Waals surface area contributed by atoms with E-state index in [2.05, 4.69) is 5.32 Å². The van der Waals surface area contributed by atoms with E-state index in [4.69, 9.17) is 16.3 Å². The second kappa shape index (κ2) is 6.12. The lowest BCUT2D eigenvalue weighted by molar-refractivity contribution is 0.0520. The van der Waals surface area contributed by atoms with Gasteiger partial charge in [-0.1, -0.05) is 6.92 Å². The Hall–Kier alpha value is -0.440. The Morgan fingerprint density at radius 3 is 2.50 bits per heavy atom. The number of carbonyl (C=O) groups is 1. The van der Waals surface area contributed by atoms with Crippen molar-refractivity contribution in [2.75, 3.05) is 12.4 Å². The van der Waals surface area contributed by atoms with Crippen molar-refractivity contribution in [3.63, 3.8) is 0 Å². The third-order valence-corrected chi connectivity index (χ3v) is 1.81. The number of carbonyl (C=O) groups excluding carboxylic acids is 1. The quantitative estimate of drug-likeness (QED) is 0.742. The Balaban J connectivity index is 3.64. The smallest absolute Gasteiger partial charge is 0.407 e. The van der Waals surface area contributed by atoms with Crippen LogP contribution in [-0.4, -0.2) is 24.1 Å². The number of halogens is 1. The van der Waals surface area contributed by atoms with Crippen molar-refractivity contribution >= 4 is 17.7 Å². The molecule has 0 heterocycles. The SMILES string of the molecule is CC(CCCl)CNC(=O)OC(C)(C)C. The highest BCUT2D eigenvalue weighted by atomic mass is 35.5. The molecule has 3 nitrogen and oxygen atoms in total. The first-order chi connectivity index (χ1) is 6.35. The standard InChI is InChI=1S/C10H20ClNO2/c1-8(5-6-11)7-12-9(13)14-10(2,3)4/h8H,5-7H2,1-4H3,(H,12,13). The van der Waals surface area contributed by atoms with E-state index in [9.17, 15) is 4.79 Å². The highest BCUT2D eigenvalue weighted by Gasteiger charge is 2.16. The summed E-state index contributed by atoms with van der Waals surface area (Å²) in [5.74, 6) is 1.01. The number of hydrogen-bond donors (Lipinski definition) is 1. The van der Waals surface area contributed by atoms with E-state index in [-0.39, 0.29) is 6.09 Å². The highest BCUT2D eigenvalue weighted by molar-refractivity contribution is 6.17. The Morgan fingerprint density at radius 2 is 2.07 bits per heavy atom. The predicted octanol–water partition coefficient (Wildman–Crippen LogP) is 2.78. The number of alkyl halides is 1. The van der Waals surface area contributed by atoms with Crippen LogP contribution in [0.4, 0.5) is 4.79 Å². The van der Waals surface area contributed by atoms with Gasteiger partial charge in [0.2, 0.25) is 0 Å². The maximum atomic E-state index is 11.2. The van der Waals surface area contributed by atoms with Crippen molar-refractivity contribution in [1.82, 2.24) is 5.32 Å². The number of rotatable bonds is 4. The first-order valence-electron chi connectivity index (χ1n) is 4.88. The average molecular weight is 222 g/mol. The molecular weight excluding hydrogens is 202 g/mol. The van der Waals surface area contributed by atoms with E-state index < -0.39 is 5.60 Å². The summed E-state index contributed by atoms with van der Waals surface area (Å²) in [6.07, 6.45) is 0.538. The van der Waals surface area contributed by atoms with Crippen molar-refractivity contribution in [2.24, 2.45) is 5.92 Å². The van der Waals surface area contributed by atoms with Gasteiger partial charge in [0, 0.05) is 12.4 Å². The maximum Gasteiger partial charge on any atom is 0.407 e. The van der Waals surface area contributed by atoms with Crippen LogP contribution in [0.2, 0.25) is 0 Å². The summed E-state index contributed by atoms with van der Waals surface area (Å²) < 4.78 is 5.08. The molecule has 1 unspecified atom stereocenters. The molecule has 0 saturated carbocycles. The van der Waals surface area contributed by atoms with Crippen LogP contribution in [0, 0.1) is 5.92 Å². The lowest BCUT2D eigenvalue weighted by Crippen LogP contribution is -2.34. The van der Waals surface area contributed by atoms with Crippen LogP contribution < -0.4 is 5.32 Å². The predicted molar refractivity (Wildman–Crippen MR) is 58.7 cm³/mol. The van der Waals surface area contributed by atoms with E-state index >= 15 is 0 Å². The minimum atomic E-state index is -0.431. The molecule has 0 aromatic carbocycles. The Labute approximate surface area is 91.2 Å². The molecule has 0 aliphatic carbocycles. The van der Waals surface area contributed by atoms with Crippen LogP contribution in [0.1, 0.15) is 34.1 Å². The summed E-state index contributed by atoms with van der Waals surface area (Å²) in [6.45, 7) is 8.18. The van der Waals surface area contributed by atoms with Crippen LogP contribution in [0.3, 0.4) is 0 Å². The van der Waals surface area contributed by atoms with Crippen LogP contribution in [0.25, 0.3) is 0 Å². The van der Waals surface area contributed by atoms with Gasteiger partial charge in [-0.2, -0.15) is 0 Å². The minimum absolute atomic E-state index is 0.362. The fraction of sp³-hybridized carbons (Fsp3) is 0.900. The van der Waals surface area contributed by atoms with Gasteiger partial charge in [0.25, 0.3) is 0 Å². The van der Waals surface area contributed by atoms with E-state index in [0.717, 1.165) is 6.42 Å². The summed E-state index contributed by atoms with van der Waals surface area (Å²) in [5, 5.41) is 2.70. The number of hydrogen-bond acceptors (Lipinski definition) is 2. The third-order valence-electron chi connectivity index (χ3n) is 1.60. The van der Waals surface area contributed by atoms with Crippen molar-refractivity contribution in [2.45, 2.75) is 39.7 Å². The van der Waals surface area contributed by atoms with Gasteiger partial charge in [-0.25, -0.2) is 4.79 Å². The van der Waals surface area contributed by atoms with E-state index in [0.29, 0.717) is 18.3 Å². The average Bonchev–Trinajstić information content (AvgIpc) is 1.98. The molecule has 1 atom stereocenters. The molecule has 0 saturated heterocycles. The zero-order chi connectivity index (χ0) is 11.2. The molecule has 0 aliphatic heterocycles. The molecule has 14 heavy (non-hydrogen) atoms. The maximum absolute atomic E-state index is 11.2. The first kappa shape index (κ1) is 13.6. The summed E-state index contributed by atoms with van der Waals surface area (Å²) in [6, 6.07) is 0. The first-order valence-corrected chi connectivity index (χ1v) is 5.41. The molecule has 0 rings (SSSR count). The van der Waals surface area contributed by atoms with Crippen molar-refractivity contribution in [3.8, 4) is 0 Å². The van der Waals surface area contributed by atoms with Gasteiger partial charge in [0.15, 0.2) is 0 Å². The van der Waals surface area contributed by atoms with Crippen LogP contribution >= 0.6 is 11.6 Å². The largest absolute Gasteiger partial charge is 0.444 e. The monoisotopic (exact) mass is 221 g/mol. The molecule has 1 N–H and O–H groups in total. The van der Waals surface area contributed by atoms with Crippen molar-refractivity contribution in [1.29, 1.82) is 0 Å². The van der Waals surface area contributed by atoms with E-state index in [1.54, 1.807) is 0 Å². The molecule has 4 heteroatoms. The summed E-state index contributed by atoms with van der Waals surface area (Å²) in [7, 11) is 0. The Morgan fingerprint density at radius 1 is 1.50 bits per heavy atom. The Bertz CT molecular complexity index is 177. The summed E-state index contributed by atoms with van der Waals surface area (Å²) in [4.78, 5) is 11.2. The second-order valence-corrected chi connectivity index (χ2v) is 4.84. The lowest BCUT2D eigenvalue weighted by atomic mass is 10.1. The summed E-state index contributed by atoms with van der Waals surface area (Å²) in [5.41, 5.74) is -0.431. The van der Waals surface area contributed by atoms with Crippen molar-refractivity contribution < 1.29 is 9.53 Å². The fourth-order valence-electron chi connectivity index (χ4n) is 0.860. The van der Waals surface area contributed by atoms with E-state index in [1.165, 1.54) is 0 Å². The molecule has 0 radical (unpaired) electrons. The Kier molecular flexibility index (Phi) is 5.93. The number of alkyl carbamates (subject to hydrolysis) is 1. The van der Waals surface area contributed by atoms with Crippen LogP contribution in [-0.2, 0) is 4.74 Å². The number of ether oxygens (including phenoxy) is 1. The van der Waals surface area contributed by atoms with Crippen LogP contribution in [0.5, 0.6) is 0 Å². The van der Waals surface area contributed by atoms with Crippen LogP contribution in [0.15, 0.2) is 0 Å². The minimum Gasteiger partial charge on any atom is -0.444 e. The highest BCUT2D eigenvalue weighted by Crippen LogP contribution is 2.07. The zero-order valence-electron chi connectivity index (χ0n) is 9.39. The van der Waals surface area contributed by atoms with Gasteiger partial charge in [0.05, 0.1) is 0 Å². The molecule has 0 fully saturated rings. The van der Waals surface area contributed by atoms with Gasteiger partial charge in [0.1, 0.15) is 5.60 Å². The molecular formula is C10H20ClNO2. The second-order valence-electron chi connectivity index (χ2n) is 4.47. The van der Waals surface area contributed by atoms with Gasteiger partial charge in [-0.3, -0.25) is 0 Å².